The van der Waals surface area contributed by atoms with Crippen molar-refractivity contribution in [1.29, 1.82) is 0 Å². The number of nitrogens with zero attached hydrogens (tertiary/aromatic N) is 2. The normalized spacial score (nSPS) is 19.0. The van der Waals surface area contributed by atoms with Gasteiger partial charge < -0.3 is 10.5 Å². The van der Waals surface area contributed by atoms with Crippen LogP contribution in [0.25, 0.3) is 0 Å². The number of piperidine rings is 1. The Bertz CT molecular complexity index is 668. The van der Waals surface area contributed by atoms with Gasteiger partial charge in [-0.15, -0.1) is 12.4 Å². The van der Waals surface area contributed by atoms with E-state index in [1.165, 1.54) is 17.5 Å². The first-order valence-corrected chi connectivity index (χ1v) is 8.40. The molecule has 0 saturated carbocycles. The van der Waals surface area contributed by atoms with Crippen molar-refractivity contribution in [1.82, 2.24) is 4.31 Å². The predicted octanol–water partition coefficient (Wildman–Crippen LogP) is 1.53. The first-order valence-electron chi connectivity index (χ1n) is 6.96. The Hall–Kier alpha value is -1.42. The number of rotatable bonds is 5. The number of methoxy groups -OCH3 is 1. The van der Waals surface area contributed by atoms with Crippen LogP contribution in [0.5, 0.6) is 5.75 Å². The zero-order valence-corrected chi connectivity index (χ0v) is 14.3. The van der Waals surface area contributed by atoms with Gasteiger partial charge in [0.15, 0.2) is 0 Å². The molecule has 1 heterocycles. The molecule has 0 bridgehead atoms. The van der Waals surface area contributed by atoms with Crippen molar-refractivity contribution in [3.63, 3.8) is 0 Å². The second-order valence-electron chi connectivity index (χ2n) is 5.09. The van der Waals surface area contributed by atoms with E-state index in [0.717, 1.165) is 25.0 Å². The lowest BCUT2D eigenvalue weighted by Gasteiger charge is -2.34. The molecule has 0 amide bonds. The molecule has 1 aromatic rings. The summed E-state index contributed by atoms with van der Waals surface area (Å²) in [5.74, 6) is -0.0319. The fraction of sp³-hybridized carbons (Fsp3) is 0.538. The van der Waals surface area contributed by atoms with Crippen LogP contribution in [0.1, 0.15) is 19.3 Å². The first kappa shape index (κ1) is 19.6. The molecule has 1 fully saturated rings. The smallest absolute Gasteiger partial charge is 0.273 e. The van der Waals surface area contributed by atoms with Crippen LogP contribution in [-0.2, 0) is 10.0 Å². The van der Waals surface area contributed by atoms with E-state index in [1.54, 1.807) is 0 Å². The third kappa shape index (κ3) is 3.92. The highest BCUT2D eigenvalue weighted by atomic mass is 35.5. The summed E-state index contributed by atoms with van der Waals surface area (Å²) in [6.45, 7) is 0.638. The zero-order chi connectivity index (χ0) is 16.3. The molecule has 0 aliphatic carbocycles. The molecule has 8 nitrogen and oxygen atoms in total. The molecule has 1 atom stereocenters. The van der Waals surface area contributed by atoms with Crippen LogP contribution in [-0.4, -0.2) is 43.9 Å². The van der Waals surface area contributed by atoms with Gasteiger partial charge in [0.05, 0.1) is 18.1 Å². The molecular weight excluding hydrogens is 346 g/mol. The van der Waals surface area contributed by atoms with Crippen LogP contribution in [0.3, 0.4) is 0 Å². The number of nitro groups is 1. The van der Waals surface area contributed by atoms with E-state index in [-0.39, 0.29) is 41.3 Å². The average molecular weight is 366 g/mol. The molecule has 0 spiro atoms. The van der Waals surface area contributed by atoms with E-state index in [2.05, 4.69) is 0 Å². The molecule has 0 aromatic heterocycles. The first-order chi connectivity index (χ1) is 10.4. The topological polar surface area (TPSA) is 116 Å². The minimum atomic E-state index is -3.80. The molecule has 23 heavy (non-hydrogen) atoms. The predicted molar refractivity (Wildman–Crippen MR) is 87.5 cm³/mol. The number of nitrogens with two attached hydrogens (primary N) is 1. The molecule has 0 radical (unpaired) electrons. The van der Waals surface area contributed by atoms with Gasteiger partial charge in [-0.2, -0.15) is 4.31 Å². The van der Waals surface area contributed by atoms with Crippen molar-refractivity contribution in [3.05, 3.63) is 28.3 Å². The minimum absolute atomic E-state index is 0. The van der Waals surface area contributed by atoms with Gasteiger partial charge in [-0.3, -0.25) is 10.1 Å². The number of hydrogen-bond donors (Lipinski definition) is 1. The molecule has 2 rings (SSSR count). The van der Waals surface area contributed by atoms with Crippen molar-refractivity contribution in [3.8, 4) is 5.75 Å². The number of hydrogen-bond acceptors (Lipinski definition) is 6. The van der Waals surface area contributed by atoms with Crippen molar-refractivity contribution in [2.75, 3.05) is 20.2 Å². The Balaban J connectivity index is 0.00000264. The van der Waals surface area contributed by atoms with Gasteiger partial charge in [0.2, 0.25) is 10.0 Å². The molecule has 2 N–H and O–H groups in total. The summed E-state index contributed by atoms with van der Waals surface area (Å²) < 4.78 is 32.1. The largest absolute Gasteiger partial charge is 0.495 e. The van der Waals surface area contributed by atoms with Crippen LogP contribution in [0, 0.1) is 10.1 Å². The Morgan fingerprint density at radius 2 is 2.13 bits per heavy atom. The third-order valence-corrected chi connectivity index (χ3v) is 5.78. The number of non-ortho nitro benzene ring substituents is 1. The van der Waals surface area contributed by atoms with Crippen molar-refractivity contribution in [2.45, 2.75) is 30.2 Å². The summed E-state index contributed by atoms with van der Waals surface area (Å²) >= 11 is 0. The lowest BCUT2D eigenvalue weighted by molar-refractivity contribution is -0.385. The Morgan fingerprint density at radius 3 is 2.70 bits per heavy atom. The highest BCUT2D eigenvalue weighted by molar-refractivity contribution is 7.89. The fourth-order valence-corrected chi connectivity index (χ4v) is 4.48. The van der Waals surface area contributed by atoms with Gasteiger partial charge in [-0.25, -0.2) is 8.42 Å². The Kier molecular flexibility index (Phi) is 6.75. The molecule has 1 aliphatic heterocycles. The van der Waals surface area contributed by atoms with Gasteiger partial charge in [0, 0.05) is 25.2 Å². The summed E-state index contributed by atoms with van der Waals surface area (Å²) in [5, 5.41) is 10.8. The maximum atomic E-state index is 12.8. The molecule has 130 valence electrons. The highest BCUT2D eigenvalue weighted by Gasteiger charge is 2.35. The quantitative estimate of drug-likeness (QED) is 0.624. The maximum absolute atomic E-state index is 12.8. The number of nitro benzene ring substituents is 1. The van der Waals surface area contributed by atoms with Gasteiger partial charge in [0.1, 0.15) is 10.6 Å². The molecule has 1 aromatic carbocycles. The van der Waals surface area contributed by atoms with E-state index < -0.39 is 14.9 Å². The molecule has 1 unspecified atom stereocenters. The average Bonchev–Trinajstić information content (AvgIpc) is 2.53. The summed E-state index contributed by atoms with van der Waals surface area (Å²) in [6.07, 6.45) is 2.42. The van der Waals surface area contributed by atoms with Crippen LogP contribution >= 0.6 is 12.4 Å². The third-order valence-electron chi connectivity index (χ3n) is 3.79. The van der Waals surface area contributed by atoms with E-state index in [0.29, 0.717) is 13.0 Å². The Labute approximate surface area is 141 Å². The van der Waals surface area contributed by atoms with Gasteiger partial charge in [0.25, 0.3) is 5.69 Å². The minimum Gasteiger partial charge on any atom is -0.495 e. The number of halogens is 1. The molecule has 10 heteroatoms. The second-order valence-corrected chi connectivity index (χ2v) is 6.95. The van der Waals surface area contributed by atoms with Gasteiger partial charge >= 0.3 is 0 Å². The van der Waals surface area contributed by atoms with Crippen LogP contribution in [0.2, 0.25) is 0 Å². The summed E-state index contributed by atoms with van der Waals surface area (Å²) in [6, 6.07) is 3.25. The molecule has 1 saturated heterocycles. The maximum Gasteiger partial charge on any atom is 0.273 e. The van der Waals surface area contributed by atoms with Crippen LogP contribution in [0.4, 0.5) is 5.69 Å². The Morgan fingerprint density at radius 1 is 1.43 bits per heavy atom. The number of sulfonamides is 1. The number of benzene rings is 1. The number of ether oxygens (including phenoxy) is 1. The van der Waals surface area contributed by atoms with Gasteiger partial charge in [-0.1, -0.05) is 6.42 Å². The van der Waals surface area contributed by atoms with Crippen LogP contribution < -0.4 is 10.5 Å². The van der Waals surface area contributed by atoms with E-state index in [1.807, 2.05) is 0 Å². The van der Waals surface area contributed by atoms with E-state index in [9.17, 15) is 18.5 Å². The lowest BCUT2D eigenvalue weighted by atomic mass is 10.1. The van der Waals surface area contributed by atoms with E-state index >= 15 is 0 Å². The standard InChI is InChI=1S/C13H19N3O5S.ClH/c1-21-12-8-10(16(17)18)5-6-13(12)22(19,20)15-7-3-2-4-11(15)9-14;/h5-6,8,11H,2-4,7,9,14H2,1H3;1H. The summed E-state index contributed by atoms with van der Waals surface area (Å²) in [4.78, 5) is 10.1. The summed E-state index contributed by atoms with van der Waals surface area (Å²) in [5.41, 5.74) is 5.46. The fourth-order valence-electron chi connectivity index (χ4n) is 2.64. The SMILES string of the molecule is COc1cc([N+](=O)[O-])ccc1S(=O)(=O)N1CCCCC1CN.Cl. The second kappa shape index (κ2) is 7.91. The molecular formula is C13H20ClN3O5S. The monoisotopic (exact) mass is 365 g/mol. The molecule has 1 aliphatic rings. The highest BCUT2D eigenvalue weighted by Crippen LogP contribution is 2.33. The van der Waals surface area contributed by atoms with Crippen molar-refractivity contribution < 1.29 is 18.1 Å². The van der Waals surface area contributed by atoms with Crippen molar-refractivity contribution >= 4 is 28.1 Å². The summed E-state index contributed by atoms with van der Waals surface area (Å²) in [7, 11) is -2.52. The van der Waals surface area contributed by atoms with E-state index in [4.69, 9.17) is 10.5 Å². The lowest BCUT2D eigenvalue weighted by Crippen LogP contribution is -2.47. The zero-order valence-electron chi connectivity index (χ0n) is 12.7. The van der Waals surface area contributed by atoms with Crippen molar-refractivity contribution in [2.24, 2.45) is 5.73 Å². The van der Waals surface area contributed by atoms with Gasteiger partial charge in [-0.05, 0) is 18.9 Å². The van der Waals surface area contributed by atoms with Crippen LogP contribution in [0.15, 0.2) is 23.1 Å².